The number of aliphatic imine (C=N–C) groups is 1. The molecule has 23 heavy (non-hydrogen) atoms. The van der Waals surface area contributed by atoms with Crippen molar-refractivity contribution in [2.45, 2.75) is 38.8 Å². The van der Waals surface area contributed by atoms with Gasteiger partial charge in [-0.3, -0.25) is 4.99 Å². The van der Waals surface area contributed by atoms with Crippen LogP contribution in [0.3, 0.4) is 0 Å². The Bertz CT molecular complexity index is 334. The summed E-state index contributed by atoms with van der Waals surface area (Å²) in [5.74, 6) is 1.45. The Balaban J connectivity index is 2.01. The van der Waals surface area contributed by atoms with Crippen molar-refractivity contribution in [1.82, 2.24) is 10.6 Å². The van der Waals surface area contributed by atoms with Crippen LogP contribution in [0.15, 0.2) is 4.99 Å². The summed E-state index contributed by atoms with van der Waals surface area (Å²) >= 11 is 0. The molecule has 1 fully saturated rings. The van der Waals surface area contributed by atoms with Crippen LogP contribution in [-0.2, 0) is 9.47 Å². The molecule has 0 amide bonds. The van der Waals surface area contributed by atoms with Gasteiger partial charge in [-0.25, -0.2) is 0 Å². The fraction of sp³-hybridized carbons (Fsp3) is 0.933. The lowest BCUT2D eigenvalue weighted by atomic mass is 10.4. The fourth-order valence-corrected chi connectivity index (χ4v) is 1.80. The van der Waals surface area contributed by atoms with Gasteiger partial charge in [-0.15, -0.1) is 0 Å². The molecule has 1 aliphatic rings. The van der Waals surface area contributed by atoms with Gasteiger partial charge in [0.1, 0.15) is 6.61 Å². The standard InChI is InChI=1S/C15H28F3N3O2/c1-2-19-14(20-7-3-9-22-11-13-5-6-13)21-8-4-10-23-12-15(16,17)18/h13H,2-12H2,1H3,(H2,19,20,21). The summed E-state index contributed by atoms with van der Waals surface area (Å²) in [6, 6.07) is 0. The molecule has 0 bridgehead atoms. The molecule has 0 saturated heterocycles. The third kappa shape index (κ3) is 13.1. The van der Waals surface area contributed by atoms with E-state index in [0.717, 1.165) is 38.6 Å². The zero-order valence-corrected chi connectivity index (χ0v) is 13.8. The van der Waals surface area contributed by atoms with Crippen LogP contribution < -0.4 is 10.6 Å². The van der Waals surface area contributed by atoms with Gasteiger partial charge in [-0.1, -0.05) is 0 Å². The number of alkyl halides is 3. The Labute approximate surface area is 136 Å². The monoisotopic (exact) mass is 339 g/mol. The molecule has 1 rings (SSSR count). The summed E-state index contributed by atoms with van der Waals surface area (Å²) in [5.41, 5.74) is 0. The third-order valence-electron chi connectivity index (χ3n) is 3.14. The quantitative estimate of drug-likeness (QED) is 0.325. The molecule has 1 saturated carbocycles. The van der Waals surface area contributed by atoms with Crippen LogP contribution in [0.2, 0.25) is 0 Å². The molecule has 0 spiro atoms. The number of hydrogen-bond donors (Lipinski definition) is 2. The van der Waals surface area contributed by atoms with Crippen molar-refractivity contribution in [3.05, 3.63) is 0 Å². The van der Waals surface area contributed by atoms with Crippen LogP contribution in [0.5, 0.6) is 0 Å². The Morgan fingerprint density at radius 3 is 2.52 bits per heavy atom. The third-order valence-corrected chi connectivity index (χ3v) is 3.14. The molecule has 0 aliphatic heterocycles. The molecule has 0 unspecified atom stereocenters. The summed E-state index contributed by atoms with van der Waals surface area (Å²) in [6.45, 7) is 4.32. The summed E-state index contributed by atoms with van der Waals surface area (Å²) in [6.07, 6.45) is -0.325. The van der Waals surface area contributed by atoms with Crippen molar-refractivity contribution < 1.29 is 22.6 Å². The van der Waals surface area contributed by atoms with Crippen LogP contribution in [0.4, 0.5) is 13.2 Å². The highest BCUT2D eigenvalue weighted by Crippen LogP contribution is 2.28. The van der Waals surface area contributed by atoms with Gasteiger partial charge in [-0.2, -0.15) is 13.2 Å². The first-order valence-electron chi connectivity index (χ1n) is 8.25. The molecule has 5 nitrogen and oxygen atoms in total. The van der Waals surface area contributed by atoms with E-state index in [1.54, 1.807) is 0 Å². The number of nitrogens with one attached hydrogen (secondary N) is 2. The predicted molar refractivity (Wildman–Crippen MR) is 83.6 cm³/mol. The molecule has 0 aromatic heterocycles. The van der Waals surface area contributed by atoms with Crippen LogP contribution in [0, 0.1) is 5.92 Å². The van der Waals surface area contributed by atoms with Crippen LogP contribution in [-0.4, -0.2) is 58.2 Å². The zero-order valence-electron chi connectivity index (χ0n) is 13.8. The van der Waals surface area contributed by atoms with Crippen LogP contribution in [0.1, 0.15) is 32.6 Å². The highest BCUT2D eigenvalue weighted by molar-refractivity contribution is 5.79. The first-order chi connectivity index (χ1) is 11.0. The lowest BCUT2D eigenvalue weighted by Gasteiger charge is -2.11. The molecule has 0 radical (unpaired) electrons. The van der Waals surface area contributed by atoms with E-state index in [9.17, 15) is 13.2 Å². The molecule has 136 valence electrons. The van der Waals surface area contributed by atoms with Gasteiger partial charge in [0.05, 0.1) is 0 Å². The minimum absolute atomic E-state index is 0.0530. The van der Waals surface area contributed by atoms with E-state index in [1.807, 2.05) is 6.92 Å². The van der Waals surface area contributed by atoms with Gasteiger partial charge in [0, 0.05) is 39.5 Å². The van der Waals surface area contributed by atoms with Gasteiger partial charge in [0.25, 0.3) is 0 Å². The van der Waals surface area contributed by atoms with E-state index < -0.39 is 12.8 Å². The number of rotatable bonds is 12. The van der Waals surface area contributed by atoms with E-state index in [-0.39, 0.29) is 6.61 Å². The maximum absolute atomic E-state index is 11.9. The van der Waals surface area contributed by atoms with Gasteiger partial charge in [-0.05, 0) is 38.5 Å². The first kappa shape index (κ1) is 20.0. The van der Waals surface area contributed by atoms with E-state index in [1.165, 1.54) is 12.8 Å². The van der Waals surface area contributed by atoms with E-state index >= 15 is 0 Å². The van der Waals surface area contributed by atoms with E-state index in [4.69, 9.17) is 4.74 Å². The predicted octanol–water partition coefficient (Wildman–Crippen LogP) is 2.33. The number of halogens is 3. The summed E-state index contributed by atoms with van der Waals surface area (Å²) in [7, 11) is 0. The van der Waals surface area contributed by atoms with Gasteiger partial charge >= 0.3 is 6.18 Å². The summed E-state index contributed by atoms with van der Waals surface area (Å²) in [4.78, 5) is 4.30. The Kier molecular flexibility index (Phi) is 10.0. The average molecular weight is 339 g/mol. The van der Waals surface area contributed by atoms with Crippen molar-refractivity contribution in [2.24, 2.45) is 10.9 Å². The maximum atomic E-state index is 11.9. The molecule has 2 N–H and O–H groups in total. The van der Waals surface area contributed by atoms with Crippen molar-refractivity contribution in [3.8, 4) is 0 Å². The highest BCUT2D eigenvalue weighted by atomic mass is 19.4. The normalized spacial score (nSPS) is 15.7. The van der Waals surface area contributed by atoms with E-state index in [2.05, 4.69) is 20.4 Å². The molecular weight excluding hydrogens is 311 g/mol. The molecule has 0 aromatic rings. The SMILES string of the molecule is CCNC(=NCCCOCC(F)(F)F)NCCCOCC1CC1. The molecular formula is C15H28F3N3O2. The minimum atomic E-state index is -4.26. The van der Waals surface area contributed by atoms with Crippen LogP contribution in [0.25, 0.3) is 0 Å². The van der Waals surface area contributed by atoms with Crippen LogP contribution >= 0.6 is 0 Å². The molecule has 1 aliphatic carbocycles. The zero-order chi connectivity index (χ0) is 17.0. The molecule has 0 heterocycles. The number of guanidine groups is 1. The highest BCUT2D eigenvalue weighted by Gasteiger charge is 2.27. The number of ether oxygens (including phenoxy) is 2. The minimum Gasteiger partial charge on any atom is -0.381 e. The molecule has 0 atom stereocenters. The van der Waals surface area contributed by atoms with Gasteiger partial charge < -0.3 is 20.1 Å². The van der Waals surface area contributed by atoms with E-state index in [0.29, 0.717) is 18.9 Å². The first-order valence-corrected chi connectivity index (χ1v) is 8.25. The maximum Gasteiger partial charge on any atom is 0.411 e. The number of hydrogen-bond acceptors (Lipinski definition) is 3. The van der Waals surface area contributed by atoms with Crippen molar-refractivity contribution in [3.63, 3.8) is 0 Å². The van der Waals surface area contributed by atoms with Gasteiger partial charge in [0.2, 0.25) is 0 Å². The average Bonchev–Trinajstić information content (AvgIpc) is 3.29. The van der Waals surface area contributed by atoms with Crippen molar-refractivity contribution in [2.75, 3.05) is 46.1 Å². The Morgan fingerprint density at radius 2 is 1.87 bits per heavy atom. The summed E-state index contributed by atoms with van der Waals surface area (Å²) < 4.78 is 45.7. The number of nitrogens with zero attached hydrogens (tertiary/aromatic N) is 1. The Hall–Kier alpha value is -1.02. The second-order valence-electron chi connectivity index (χ2n) is 5.58. The van der Waals surface area contributed by atoms with Crippen molar-refractivity contribution >= 4 is 5.96 Å². The topological polar surface area (TPSA) is 54.9 Å². The molecule has 8 heteroatoms. The second-order valence-corrected chi connectivity index (χ2v) is 5.58. The van der Waals surface area contributed by atoms with Gasteiger partial charge in [0.15, 0.2) is 5.96 Å². The second kappa shape index (κ2) is 11.5. The lowest BCUT2D eigenvalue weighted by molar-refractivity contribution is -0.173. The summed E-state index contributed by atoms with van der Waals surface area (Å²) in [5, 5.41) is 6.27. The van der Waals surface area contributed by atoms with Crippen molar-refractivity contribution in [1.29, 1.82) is 0 Å². The lowest BCUT2D eigenvalue weighted by Crippen LogP contribution is -2.38. The largest absolute Gasteiger partial charge is 0.411 e. The molecule has 0 aromatic carbocycles. The fourth-order valence-electron chi connectivity index (χ4n) is 1.80. The smallest absolute Gasteiger partial charge is 0.381 e. The Morgan fingerprint density at radius 1 is 1.13 bits per heavy atom.